The second-order valence-corrected chi connectivity index (χ2v) is 6.45. The van der Waals surface area contributed by atoms with Crippen LogP contribution in [0, 0.1) is 0 Å². The van der Waals surface area contributed by atoms with Crippen LogP contribution in [0.2, 0.25) is 0 Å². The van der Waals surface area contributed by atoms with Gasteiger partial charge in [-0.1, -0.05) is 48.5 Å². The van der Waals surface area contributed by atoms with Crippen LogP contribution in [0.5, 0.6) is 0 Å². The highest BCUT2D eigenvalue weighted by molar-refractivity contribution is 5.93. The predicted octanol–water partition coefficient (Wildman–Crippen LogP) is 3.28. The lowest BCUT2D eigenvalue weighted by Crippen LogP contribution is -2.35. The summed E-state index contributed by atoms with van der Waals surface area (Å²) in [6.07, 6.45) is 2.16. The van der Waals surface area contributed by atoms with Gasteiger partial charge in [-0.2, -0.15) is 0 Å². The van der Waals surface area contributed by atoms with Gasteiger partial charge in [0.15, 0.2) is 6.23 Å². The number of rotatable bonds is 5. The highest BCUT2D eigenvalue weighted by atomic mass is 16.6. The molecular weight excluding hydrogens is 300 g/mol. The largest absolute Gasteiger partial charge is 0.439 e. The molecule has 0 amide bonds. The van der Waals surface area contributed by atoms with Crippen LogP contribution >= 0.6 is 0 Å². The van der Waals surface area contributed by atoms with Gasteiger partial charge in [0, 0.05) is 18.2 Å². The minimum Gasteiger partial charge on any atom is -0.439 e. The molecule has 0 spiro atoms. The monoisotopic (exact) mass is 322 g/mol. The smallest absolute Gasteiger partial charge is 0.340 e. The van der Waals surface area contributed by atoms with Gasteiger partial charge in [-0.05, 0) is 37.6 Å². The second-order valence-electron chi connectivity index (χ2n) is 6.45. The summed E-state index contributed by atoms with van der Waals surface area (Å²) >= 11 is 0. The van der Waals surface area contributed by atoms with E-state index in [2.05, 4.69) is 34.5 Å². The zero-order chi connectivity index (χ0) is 16.4. The summed E-state index contributed by atoms with van der Waals surface area (Å²) in [5, 5.41) is 3.46. The topological polar surface area (TPSA) is 41.6 Å². The second kappa shape index (κ2) is 6.75. The molecule has 2 unspecified atom stereocenters. The number of likely N-dealkylation sites (tertiary alicyclic amines) is 1. The minimum atomic E-state index is -0.345. The normalized spacial score (nSPS) is 21.5. The molecular formula is C20H22N2O2. The number of hydrogen-bond donors (Lipinski definition) is 1. The number of cyclic esters (lactones) is 1. The third-order valence-electron chi connectivity index (χ3n) is 4.95. The zero-order valence-electron chi connectivity index (χ0n) is 13.7. The number of carbonyl (C=O) groups excluding carboxylic acids is 1. The summed E-state index contributed by atoms with van der Waals surface area (Å²) in [6.45, 7) is 3.01. The van der Waals surface area contributed by atoms with Gasteiger partial charge in [0.1, 0.15) is 0 Å². The molecule has 4 rings (SSSR count). The van der Waals surface area contributed by atoms with Gasteiger partial charge in [0.2, 0.25) is 0 Å². The van der Waals surface area contributed by atoms with Gasteiger partial charge in [-0.3, -0.25) is 10.2 Å². The molecule has 2 atom stereocenters. The van der Waals surface area contributed by atoms with Crippen LogP contribution in [-0.2, 0) is 4.74 Å². The fraction of sp³-hybridized carbons (Fsp3) is 0.350. The molecule has 1 fully saturated rings. The Bertz CT molecular complexity index is 711. The van der Waals surface area contributed by atoms with E-state index in [0.717, 1.165) is 25.2 Å². The van der Waals surface area contributed by atoms with E-state index < -0.39 is 0 Å². The molecule has 2 heterocycles. The minimum absolute atomic E-state index is 0.236. The SMILES string of the molecule is O=C1OC(NCC(c2ccccc2)N2CCCC2)c2ccccc21. The molecule has 24 heavy (non-hydrogen) atoms. The van der Waals surface area contributed by atoms with Gasteiger partial charge in [0.05, 0.1) is 5.56 Å². The molecule has 2 aliphatic heterocycles. The fourth-order valence-corrected chi connectivity index (χ4v) is 3.70. The van der Waals surface area contributed by atoms with Gasteiger partial charge in [-0.25, -0.2) is 4.79 Å². The number of ether oxygens (including phenoxy) is 1. The van der Waals surface area contributed by atoms with Crippen LogP contribution in [0.1, 0.15) is 46.6 Å². The van der Waals surface area contributed by atoms with Crippen molar-refractivity contribution in [1.82, 2.24) is 10.2 Å². The Hall–Kier alpha value is -2.17. The number of fused-ring (bicyclic) bond motifs is 1. The summed E-state index contributed by atoms with van der Waals surface area (Å²) in [5.74, 6) is -0.236. The number of benzene rings is 2. The lowest BCUT2D eigenvalue weighted by atomic mass is 10.0. The molecule has 0 aromatic heterocycles. The van der Waals surface area contributed by atoms with Crippen molar-refractivity contribution >= 4 is 5.97 Å². The molecule has 4 heteroatoms. The summed E-state index contributed by atoms with van der Waals surface area (Å²) < 4.78 is 5.51. The van der Waals surface area contributed by atoms with Crippen molar-refractivity contribution in [2.24, 2.45) is 0 Å². The molecule has 1 saturated heterocycles. The molecule has 2 aromatic rings. The van der Waals surface area contributed by atoms with Crippen molar-refractivity contribution in [3.05, 3.63) is 71.3 Å². The van der Waals surface area contributed by atoms with Crippen molar-refractivity contribution in [1.29, 1.82) is 0 Å². The van der Waals surface area contributed by atoms with Crippen molar-refractivity contribution < 1.29 is 9.53 Å². The van der Waals surface area contributed by atoms with E-state index in [1.54, 1.807) is 0 Å². The summed E-state index contributed by atoms with van der Waals surface area (Å²) in [5.41, 5.74) is 2.92. The fourth-order valence-electron chi connectivity index (χ4n) is 3.70. The summed E-state index contributed by atoms with van der Waals surface area (Å²) in [4.78, 5) is 14.5. The van der Waals surface area contributed by atoms with E-state index in [1.165, 1.54) is 18.4 Å². The van der Waals surface area contributed by atoms with E-state index >= 15 is 0 Å². The molecule has 1 N–H and O–H groups in total. The highest BCUT2D eigenvalue weighted by Gasteiger charge is 2.32. The maximum absolute atomic E-state index is 12.0. The van der Waals surface area contributed by atoms with Crippen LogP contribution in [0.15, 0.2) is 54.6 Å². The number of carbonyl (C=O) groups is 1. The van der Waals surface area contributed by atoms with E-state index in [1.807, 2.05) is 30.3 Å². The highest BCUT2D eigenvalue weighted by Crippen LogP contribution is 2.30. The lowest BCUT2D eigenvalue weighted by molar-refractivity contribution is 0.0288. The first-order valence-corrected chi connectivity index (χ1v) is 8.65. The number of esters is 1. The first-order valence-electron chi connectivity index (χ1n) is 8.65. The quantitative estimate of drug-likeness (QED) is 0.858. The molecule has 124 valence electrons. The first kappa shape index (κ1) is 15.4. The Kier molecular flexibility index (Phi) is 4.32. The van der Waals surface area contributed by atoms with Gasteiger partial charge >= 0.3 is 5.97 Å². The third-order valence-corrected chi connectivity index (χ3v) is 4.95. The predicted molar refractivity (Wildman–Crippen MR) is 92.6 cm³/mol. The van der Waals surface area contributed by atoms with Crippen molar-refractivity contribution in [2.75, 3.05) is 19.6 Å². The maximum atomic E-state index is 12.0. The van der Waals surface area contributed by atoms with Crippen LogP contribution in [-0.4, -0.2) is 30.5 Å². The van der Waals surface area contributed by atoms with Gasteiger partial charge in [-0.15, -0.1) is 0 Å². The third kappa shape index (κ3) is 2.95. The molecule has 0 saturated carbocycles. The molecule has 4 nitrogen and oxygen atoms in total. The van der Waals surface area contributed by atoms with Gasteiger partial charge < -0.3 is 4.74 Å². The Morgan fingerprint density at radius 1 is 1.04 bits per heavy atom. The Morgan fingerprint density at radius 2 is 1.75 bits per heavy atom. The average Bonchev–Trinajstić information content (AvgIpc) is 3.26. The Labute approximate surface area is 142 Å². The van der Waals surface area contributed by atoms with Crippen molar-refractivity contribution in [2.45, 2.75) is 25.1 Å². The molecule has 2 aliphatic rings. The summed E-state index contributed by atoms with van der Waals surface area (Å²) in [7, 11) is 0. The Morgan fingerprint density at radius 3 is 2.54 bits per heavy atom. The summed E-state index contributed by atoms with van der Waals surface area (Å²) in [6, 6.07) is 18.5. The van der Waals surface area contributed by atoms with Crippen LogP contribution in [0.3, 0.4) is 0 Å². The van der Waals surface area contributed by atoms with E-state index in [4.69, 9.17) is 4.74 Å². The molecule has 0 aliphatic carbocycles. The lowest BCUT2D eigenvalue weighted by Gasteiger charge is -2.29. The number of hydrogen-bond acceptors (Lipinski definition) is 4. The maximum Gasteiger partial charge on any atom is 0.340 e. The first-order chi connectivity index (χ1) is 11.8. The number of nitrogens with one attached hydrogen (secondary N) is 1. The Balaban J connectivity index is 1.51. The molecule has 2 aromatic carbocycles. The number of nitrogens with zero attached hydrogens (tertiary/aromatic N) is 1. The zero-order valence-corrected chi connectivity index (χ0v) is 13.7. The molecule has 0 radical (unpaired) electrons. The molecule has 0 bridgehead atoms. The van der Waals surface area contributed by atoms with Crippen molar-refractivity contribution in [3.8, 4) is 0 Å². The average molecular weight is 322 g/mol. The van der Waals surface area contributed by atoms with Crippen LogP contribution < -0.4 is 5.32 Å². The van der Waals surface area contributed by atoms with E-state index in [0.29, 0.717) is 11.6 Å². The van der Waals surface area contributed by atoms with Crippen molar-refractivity contribution in [3.63, 3.8) is 0 Å². The van der Waals surface area contributed by atoms with E-state index in [-0.39, 0.29) is 12.2 Å². The standard InChI is InChI=1S/C20H22N2O2/c23-20-17-11-5-4-10-16(17)19(24-20)21-14-18(22-12-6-7-13-22)15-8-2-1-3-9-15/h1-5,8-11,18-19,21H,6-7,12-14H2. The van der Waals surface area contributed by atoms with E-state index in [9.17, 15) is 4.79 Å². The van der Waals surface area contributed by atoms with Crippen LogP contribution in [0.4, 0.5) is 0 Å². The van der Waals surface area contributed by atoms with Gasteiger partial charge in [0.25, 0.3) is 0 Å². The van der Waals surface area contributed by atoms with Crippen LogP contribution in [0.25, 0.3) is 0 Å².